The Morgan fingerprint density at radius 2 is 2.29 bits per heavy atom. The monoisotopic (exact) mass is 195 g/mol. The van der Waals surface area contributed by atoms with Gasteiger partial charge < -0.3 is 5.32 Å². The standard InChI is InChI=1S/C11H21N3/c1-4-14-9-11(8-13-14)5-6-12-7-10(2)3/h8-10,12H,4-7H2,1-3H3. The Morgan fingerprint density at radius 1 is 1.50 bits per heavy atom. The molecule has 0 radical (unpaired) electrons. The molecule has 0 aliphatic heterocycles. The van der Waals surface area contributed by atoms with Gasteiger partial charge in [-0.2, -0.15) is 5.10 Å². The molecule has 1 aromatic rings. The lowest BCUT2D eigenvalue weighted by atomic mass is 10.2. The third-order valence-corrected chi connectivity index (χ3v) is 2.15. The lowest BCUT2D eigenvalue weighted by Crippen LogP contribution is -2.21. The molecule has 0 spiro atoms. The molecule has 0 amide bonds. The predicted molar refractivity (Wildman–Crippen MR) is 59.3 cm³/mol. The molecule has 0 bridgehead atoms. The molecule has 0 unspecified atom stereocenters. The number of nitrogens with zero attached hydrogens (tertiary/aromatic N) is 2. The highest BCUT2D eigenvalue weighted by Gasteiger charge is 1.97. The zero-order valence-corrected chi connectivity index (χ0v) is 9.45. The maximum Gasteiger partial charge on any atom is 0.0522 e. The van der Waals surface area contributed by atoms with E-state index in [1.54, 1.807) is 0 Å². The number of hydrogen-bond donors (Lipinski definition) is 1. The van der Waals surface area contributed by atoms with E-state index < -0.39 is 0 Å². The van der Waals surface area contributed by atoms with Gasteiger partial charge in [0.2, 0.25) is 0 Å². The highest BCUT2D eigenvalue weighted by atomic mass is 15.3. The third-order valence-electron chi connectivity index (χ3n) is 2.15. The Balaban J connectivity index is 2.18. The fourth-order valence-electron chi connectivity index (χ4n) is 1.33. The van der Waals surface area contributed by atoms with E-state index in [9.17, 15) is 0 Å². The minimum Gasteiger partial charge on any atom is -0.316 e. The Bertz CT molecular complexity index is 253. The van der Waals surface area contributed by atoms with E-state index >= 15 is 0 Å². The molecule has 1 heterocycles. The molecule has 0 aromatic carbocycles. The van der Waals surface area contributed by atoms with Gasteiger partial charge in [0.05, 0.1) is 6.20 Å². The smallest absolute Gasteiger partial charge is 0.0522 e. The highest BCUT2D eigenvalue weighted by molar-refractivity contribution is 5.04. The molecule has 0 aliphatic carbocycles. The molecule has 1 N–H and O–H groups in total. The summed E-state index contributed by atoms with van der Waals surface area (Å²) in [5.41, 5.74) is 1.32. The summed E-state index contributed by atoms with van der Waals surface area (Å²) in [5, 5.41) is 7.66. The van der Waals surface area contributed by atoms with Crippen molar-refractivity contribution in [1.82, 2.24) is 15.1 Å². The summed E-state index contributed by atoms with van der Waals surface area (Å²) in [6.07, 6.45) is 5.16. The normalized spacial score (nSPS) is 11.1. The van der Waals surface area contributed by atoms with Gasteiger partial charge in [-0.3, -0.25) is 4.68 Å². The largest absolute Gasteiger partial charge is 0.316 e. The second-order valence-corrected chi connectivity index (χ2v) is 4.05. The van der Waals surface area contributed by atoms with Gasteiger partial charge in [-0.15, -0.1) is 0 Å². The molecule has 0 fully saturated rings. The SMILES string of the molecule is CCn1cc(CCNCC(C)C)cn1. The lowest BCUT2D eigenvalue weighted by molar-refractivity contribution is 0.554. The van der Waals surface area contributed by atoms with Crippen LogP contribution in [0.2, 0.25) is 0 Å². The Labute approximate surface area is 86.5 Å². The van der Waals surface area contributed by atoms with Crippen molar-refractivity contribution in [2.75, 3.05) is 13.1 Å². The average molecular weight is 195 g/mol. The van der Waals surface area contributed by atoms with Gasteiger partial charge in [0, 0.05) is 12.7 Å². The summed E-state index contributed by atoms with van der Waals surface area (Å²) in [6, 6.07) is 0. The molecule has 1 rings (SSSR count). The zero-order chi connectivity index (χ0) is 10.4. The fourth-order valence-corrected chi connectivity index (χ4v) is 1.33. The van der Waals surface area contributed by atoms with Crippen LogP contribution in [0.1, 0.15) is 26.3 Å². The summed E-state index contributed by atoms with van der Waals surface area (Å²) in [4.78, 5) is 0. The quantitative estimate of drug-likeness (QED) is 0.700. The van der Waals surface area contributed by atoms with Crippen LogP contribution in [0.5, 0.6) is 0 Å². The predicted octanol–water partition coefficient (Wildman–Crippen LogP) is 1.69. The van der Waals surface area contributed by atoms with E-state index in [2.05, 4.69) is 37.4 Å². The van der Waals surface area contributed by atoms with Crippen LogP contribution in [0.25, 0.3) is 0 Å². The second-order valence-electron chi connectivity index (χ2n) is 4.05. The van der Waals surface area contributed by atoms with Crippen molar-refractivity contribution >= 4 is 0 Å². The molecular weight excluding hydrogens is 174 g/mol. The van der Waals surface area contributed by atoms with Crippen LogP contribution in [0, 0.1) is 5.92 Å². The first-order valence-corrected chi connectivity index (χ1v) is 5.44. The topological polar surface area (TPSA) is 29.9 Å². The van der Waals surface area contributed by atoms with E-state index in [1.165, 1.54) is 5.56 Å². The van der Waals surface area contributed by atoms with Gasteiger partial charge in [-0.25, -0.2) is 0 Å². The first kappa shape index (κ1) is 11.2. The minimum atomic E-state index is 0.730. The number of rotatable bonds is 6. The van der Waals surface area contributed by atoms with Crippen molar-refractivity contribution in [3.05, 3.63) is 18.0 Å². The van der Waals surface area contributed by atoms with Crippen molar-refractivity contribution in [3.8, 4) is 0 Å². The van der Waals surface area contributed by atoms with Gasteiger partial charge in [-0.1, -0.05) is 13.8 Å². The maximum absolute atomic E-state index is 4.24. The molecule has 3 nitrogen and oxygen atoms in total. The molecule has 3 heteroatoms. The van der Waals surface area contributed by atoms with E-state index in [0.29, 0.717) is 0 Å². The van der Waals surface area contributed by atoms with Crippen LogP contribution >= 0.6 is 0 Å². The van der Waals surface area contributed by atoms with Crippen LogP contribution in [-0.2, 0) is 13.0 Å². The van der Waals surface area contributed by atoms with Crippen LogP contribution in [0.3, 0.4) is 0 Å². The number of aryl methyl sites for hydroxylation is 1. The summed E-state index contributed by atoms with van der Waals surface area (Å²) in [7, 11) is 0. The Kier molecular flexibility index (Phi) is 4.66. The fraction of sp³-hybridized carbons (Fsp3) is 0.727. The molecule has 80 valence electrons. The van der Waals surface area contributed by atoms with Gasteiger partial charge in [0.15, 0.2) is 0 Å². The lowest BCUT2D eigenvalue weighted by Gasteiger charge is -2.05. The molecule has 0 saturated carbocycles. The number of hydrogen-bond acceptors (Lipinski definition) is 2. The summed E-state index contributed by atoms with van der Waals surface area (Å²) in [6.45, 7) is 9.66. The average Bonchev–Trinajstić information content (AvgIpc) is 2.60. The third kappa shape index (κ3) is 3.92. The summed E-state index contributed by atoms with van der Waals surface area (Å²) >= 11 is 0. The van der Waals surface area contributed by atoms with Crippen LogP contribution in [0.15, 0.2) is 12.4 Å². The van der Waals surface area contributed by atoms with E-state index in [0.717, 1.165) is 32.0 Å². The van der Waals surface area contributed by atoms with Gasteiger partial charge in [0.1, 0.15) is 0 Å². The molecule has 0 atom stereocenters. The highest BCUT2D eigenvalue weighted by Crippen LogP contribution is 1.98. The van der Waals surface area contributed by atoms with Crippen molar-refractivity contribution in [1.29, 1.82) is 0 Å². The van der Waals surface area contributed by atoms with E-state index in [4.69, 9.17) is 0 Å². The molecule has 14 heavy (non-hydrogen) atoms. The van der Waals surface area contributed by atoms with Gasteiger partial charge in [0.25, 0.3) is 0 Å². The first-order chi connectivity index (χ1) is 6.72. The van der Waals surface area contributed by atoms with Crippen molar-refractivity contribution in [2.24, 2.45) is 5.92 Å². The first-order valence-electron chi connectivity index (χ1n) is 5.44. The van der Waals surface area contributed by atoms with E-state index in [1.807, 2.05) is 10.9 Å². The molecule has 0 aliphatic rings. The van der Waals surface area contributed by atoms with E-state index in [-0.39, 0.29) is 0 Å². The second kappa shape index (κ2) is 5.81. The molecule has 0 saturated heterocycles. The molecule has 1 aromatic heterocycles. The van der Waals surface area contributed by atoms with Gasteiger partial charge in [-0.05, 0) is 37.9 Å². The number of aromatic nitrogens is 2. The summed E-state index contributed by atoms with van der Waals surface area (Å²) < 4.78 is 1.97. The van der Waals surface area contributed by atoms with Crippen LogP contribution < -0.4 is 5.32 Å². The maximum atomic E-state index is 4.24. The summed E-state index contributed by atoms with van der Waals surface area (Å²) in [5.74, 6) is 0.730. The zero-order valence-electron chi connectivity index (χ0n) is 9.45. The molecular formula is C11H21N3. The van der Waals surface area contributed by atoms with Crippen LogP contribution in [0.4, 0.5) is 0 Å². The minimum absolute atomic E-state index is 0.730. The van der Waals surface area contributed by atoms with Crippen molar-refractivity contribution < 1.29 is 0 Å². The number of nitrogens with one attached hydrogen (secondary N) is 1. The van der Waals surface area contributed by atoms with Gasteiger partial charge >= 0.3 is 0 Å². The van der Waals surface area contributed by atoms with Crippen molar-refractivity contribution in [2.45, 2.75) is 33.7 Å². The Morgan fingerprint density at radius 3 is 2.86 bits per heavy atom. The van der Waals surface area contributed by atoms with Crippen LogP contribution in [-0.4, -0.2) is 22.9 Å². The Hall–Kier alpha value is -0.830. The van der Waals surface area contributed by atoms with Crippen molar-refractivity contribution in [3.63, 3.8) is 0 Å².